The maximum absolute atomic E-state index is 12.5. The molecule has 0 radical (unpaired) electrons. The second-order valence-corrected chi connectivity index (χ2v) is 7.93. The third kappa shape index (κ3) is 4.48. The van der Waals surface area contributed by atoms with Crippen LogP contribution in [-0.2, 0) is 9.84 Å². The smallest absolute Gasteiger partial charge is 0.341 e. The standard InChI is InChI=1S/C16H13Cl2F2NO3S/c1-9(11-4-7-13(17)14(18)8-11)21-15(22)10-2-5-12(6-3-10)25(23,24)16(19)20/h2-9,16H,1H3,(H,21,22). The summed E-state index contributed by atoms with van der Waals surface area (Å²) in [6, 6.07) is 8.82. The molecule has 1 N–H and O–H groups in total. The Morgan fingerprint density at radius 1 is 1.04 bits per heavy atom. The Balaban J connectivity index is 2.14. The van der Waals surface area contributed by atoms with Crippen LogP contribution in [0.5, 0.6) is 0 Å². The number of nitrogens with one attached hydrogen (secondary N) is 1. The lowest BCUT2D eigenvalue weighted by atomic mass is 10.1. The number of hydrogen-bond acceptors (Lipinski definition) is 3. The molecule has 0 saturated heterocycles. The lowest BCUT2D eigenvalue weighted by Crippen LogP contribution is -2.26. The van der Waals surface area contributed by atoms with Gasteiger partial charge in [0.2, 0.25) is 9.84 Å². The highest BCUT2D eigenvalue weighted by Crippen LogP contribution is 2.26. The molecule has 9 heteroatoms. The fourth-order valence-corrected chi connectivity index (χ4v) is 3.07. The highest BCUT2D eigenvalue weighted by Gasteiger charge is 2.26. The van der Waals surface area contributed by atoms with Crippen molar-refractivity contribution in [2.45, 2.75) is 23.6 Å². The summed E-state index contributed by atoms with van der Waals surface area (Å²) in [4.78, 5) is 11.7. The highest BCUT2D eigenvalue weighted by molar-refractivity contribution is 7.91. The Kier molecular flexibility index (Phi) is 6.03. The van der Waals surface area contributed by atoms with Crippen molar-refractivity contribution in [2.75, 3.05) is 0 Å². The van der Waals surface area contributed by atoms with E-state index < -0.39 is 32.4 Å². The molecule has 0 aliphatic rings. The van der Waals surface area contributed by atoms with E-state index in [-0.39, 0.29) is 5.56 Å². The average Bonchev–Trinajstić information content (AvgIpc) is 2.57. The Hall–Kier alpha value is -1.70. The molecule has 25 heavy (non-hydrogen) atoms. The van der Waals surface area contributed by atoms with Gasteiger partial charge in [-0.15, -0.1) is 0 Å². The minimum absolute atomic E-state index is 0.139. The number of carbonyl (C=O) groups is 1. The fourth-order valence-electron chi connectivity index (χ4n) is 2.04. The first-order valence-corrected chi connectivity index (χ1v) is 9.31. The van der Waals surface area contributed by atoms with Crippen molar-refractivity contribution in [1.29, 1.82) is 0 Å². The number of halogens is 4. The first kappa shape index (κ1) is 19.6. The van der Waals surface area contributed by atoms with E-state index in [1.165, 1.54) is 12.1 Å². The Labute approximate surface area is 153 Å². The minimum atomic E-state index is -4.69. The van der Waals surface area contributed by atoms with Gasteiger partial charge in [-0.2, -0.15) is 8.78 Å². The van der Waals surface area contributed by atoms with Crippen molar-refractivity contribution in [2.24, 2.45) is 0 Å². The summed E-state index contributed by atoms with van der Waals surface area (Å²) in [5.74, 6) is -4.00. The van der Waals surface area contributed by atoms with Gasteiger partial charge in [0.15, 0.2) is 0 Å². The van der Waals surface area contributed by atoms with Gasteiger partial charge in [0, 0.05) is 5.56 Å². The predicted octanol–water partition coefficient (Wildman–Crippen LogP) is 4.48. The van der Waals surface area contributed by atoms with Gasteiger partial charge in [-0.25, -0.2) is 8.42 Å². The minimum Gasteiger partial charge on any atom is -0.346 e. The number of alkyl halides is 2. The van der Waals surface area contributed by atoms with Crippen LogP contribution >= 0.6 is 23.2 Å². The van der Waals surface area contributed by atoms with Crippen molar-refractivity contribution in [3.05, 3.63) is 63.6 Å². The van der Waals surface area contributed by atoms with E-state index in [0.29, 0.717) is 10.0 Å². The maximum atomic E-state index is 12.5. The quantitative estimate of drug-likeness (QED) is 0.794. The van der Waals surface area contributed by atoms with E-state index in [4.69, 9.17) is 23.2 Å². The van der Waals surface area contributed by atoms with Crippen LogP contribution in [0.4, 0.5) is 8.78 Å². The molecule has 2 aromatic carbocycles. The molecule has 0 fully saturated rings. The van der Waals surface area contributed by atoms with Gasteiger partial charge < -0.3 is 5.32 Å². The SMILES string of the molecule is CC(NC(=O)c1ccc(S(=O)(=O)C(F)F)cc1)c1ccc(Cl)c(Cl)c1. The predicted molar refractivity (Wildman–Crippen MR) is 92.0 cm³/mol. The first-order valence-electron chi connectivity index (χ1n) is 7.01. The Bertz CT molecular complexity index is 887. The number of hydrogen-bond donors (Lipinski definition) is 1. The van der Waals surface area contributed by atoms with Crippen LogP contribution in [0.2, 0.25) is 10.0 Å². The summed E-state index contributed by atoms with van der Waals surface area (Å²) in [6.45, 7) is 1.73. The zero-order chi connectivity index (χ0) is 18.8. The number of rotatable bonds is 5. The van der Waals surface area contributed by atoms with Crippen molar-refractivity contribution >= 4 is 38.9 Å². The van der Waals surface area contributed by atoms with E-state index >= 15 is 0 Å². The average molecular weight is 408 g/mol. The molecule has 134 valence electrons. The van der Waals surface area contributed by atoms with Crippen LogP contribution in [-0.4, -0.2) is 20.1 Å². The maximum Gasteiger partial charge on any atom is 0.341 e. The number of sulfone groups is 1. The van der Waals surface area contributed by atoms with Crippen molar-refractivity contribution in [3.63, 3.8) is 0 Å². The zero-order valence-electron chi connectivity index (χ0n) is 12.8. The number of carbonyl (C=O) groups excluding carboxylic acids is 1. The van der Waals surface area contributed by atoms with Crippen LogP contribution in [0.1, 0.15) is 28.9 Å². The molecule has 1 unspecified atom stereocenters. The van der Waals surface area contributed by atoms with E-state index in [9.17, 15) is 22.0 Å². The Morgan fingerprint density at radius 2 is 1.64 bits per heavy atom. The molecule has 1 atom stereocenters. The highest BCUT2D eigenvalue weighted by atomic mass is 35.5. The van der Waals surface area contributed by atoms with E-state index in [2.05, 4.69) is 5.32 Å². The fraction of sp³-hybridized carbons (Fsp3) is 0.188. The molecule has 0 heterocycles. The lowest BCUT2D eigenvalue weighted by molar-refractivity contribution is 0.0940. The van der Waals surface area contributed by atoms with E-state index in [0.717, 1.165) is 17.7 Å². The molecule has 0 saturated carbocycles. The van der Waals surface area contributed by atoms with Crippen molar-refractivity contribution in [1.82, 2.24) is 5.32 Å². The van der Waals surface area contributed by atoms with Crippen LogP contribution < -0.4 is 5.32 Å². The van der Waals surface area contributed by atoms with Crippen LogP contribution in [0.3, 0.4) is 0 Å². The topological polar surface area (TPSA) is 63.2 Å². The van der Waals surface area contributed by atoms with Gasteiger partial charge in [0.25, 0.3) is 5.91 Å². The summed E-state index contributed by atoms with van der Waals surface area (Å²) in [7, 11) is -4.69. The molecule has 0 aliphatic carbocycles. The normalized spacial score (nSPS) is 12.9. The molecule has 0 aromatic heterocycles. The molecule has 1 amide bonds. The lowest BCUT2D eigenvalue weighted by Gasteiger charge is -2.15. The van der Waals surface area contributed by atoms with Crippen molar-refractivity contribution in [3.8, 4) is 0 Å². The summed E-state index contributed by atoms with van der Waals surface area (Å²) in [5.41, 5.74) is 0.861. The summed E-state index contributed by atoms with van der Waals surface area (Å²) in [5, 5.41) is 3.44. The molecule has 0 spiro atoms. The third-order valence-electron chi connectivity index (χ3n) is 3.47. The molecule has 0 bridgehead atoms. The molecule has 0 aliphatic heterocycles. The summed E-state index contributed by atoms with van der Waals surface area (Å²) < 4.78 is 47.7. The monoisotopic (exact) mass is 407 g/mol. The van der Waals surface area contributed by atoms with Gasteiger partial charge in [-0.1, -0.05) is 29.3 Å². The Morgan fingerprint density at radius 3 is 2.16 bits per heavy atom. The van der Waals surface area contributed by atoms with Gasteiger partial charge in [0.1, 0.15) is 0 Å². The number of amides is 1. The van der Waals surface area contributed by atoms with Gasteiger partial charge in [0.05, 0.1) is 21.0 Å². The second kappa shape index (κ2) is 7.68. The second-order valence-electron chi connectivity index (χ2n) is 5.20. The molecule has 2 aromatic rings. The van der Waals surface area contributed by atoms with Crippen LogP contribution in [0.25, 0.3) is 0 Å². The van der Waals surface area contributed by atoms with Gasteiger partial charge >= 0.3 is 5.76 Å². The molecular weight excluding hydrogens is 395 g/mol. The van der Waals surface area contributed by atoms with Gasteiger partial charge in [-0.3, -0.25) is 4.79 Å². The zero-order valence-corrected chi connectivity index (χ0v) is 15.2. The van der Waals surface area contributed by atoms with E-state index in [1.54, 1.807) is 25.1 Å². The van der Waals surface area contributed by atoms with Crippen molar-refractivity contribution < 1.29 is 22.0 Å². The van der Waals surface area contributed by atoms with Crippen LogP contribution in [0.15, 0.2) is 47.4 Å². The molecule has 2 rings (SSSR count). The largest absolute Gasteiger partial charge is 0.346 e. The van der Waals surface area contributed by atoms with E-state index in [1.807, 2.05) is 0 Å². The third-order valence-corrected chi connectivity index (χ3v) is 5.61. The molecule has 4 nitrogen and oxygen atoms in total. The number of benzene rings is 2. The first-order chi connectivity index (χ1) is 11.6. The summed E-state index contributed by atoms with van der Waals surface area (Å²) in [6.07, 6.45) is 0. The molecular formula is C16H13Cl2F2NO3S. The van der Waals surface area contributed by atoms with Gasteiger partial charge in [-0.05, 0) is 48.9 Å². The summed E-state index contributed by atoms with van der Waals surface area (Å²) >= 11 is 11.8. The van der Waals surface area contributed by atoms with Crippen LogP contribution in [0, 0.1) is 0 Å².